The van der Waals surface area contributed by atoms with Crippen LogP contribution in [0, 0.1) is 6.92 Å². The molecular weight excluding hydrogens is 182 g/mol. The van der Waals surface area contributed by atoms with Crippen LogP contribution in [-0.4, -0.2) is 23.7 Å². The molecule has 0 bridgehead atoms. The molecule has 1 aliphatic heterocycles. The maximum absolute atomic E-state index is 11.2. The minimum atomic E-state index is -1.09. The second kappa shape index (κ2) is 3.31. The lowest BCUT2D eigenvalue weighted by atomic mass is 10.2. The van der Waals surface area contributed by atoms with Crippen molar-refractivity contribution >= 4 is 11.6 Å². The van der Waals surface area contributed by atoms with Gasteiger partial charge in [-0.05, 0) is 24.6 Å². The molecule has 1 heterocycles. The third-order valence-electron chi connectivity index (χ3n) is 2.09. The smallest absolute Gasteiger partial charge is 0.256 e. The molecule has 4 heteroatoms. The zero-order valence-electron chi connectivity index (χ0n) is 7.78. The highest BCUT2D eigenvalue weighted by Gasteiger charge is 2.21. The van der Waals surface area contributed by atoms with Crippen LogP contribution in [-0.2, 0) is 4.79 Å². The summed E-state index contributed by atoms with van der Waals surface area (Å²) in [6.07, 6.45) is -1.09. The Hall–Kier alpha value is -1.55. The van der Waals surface area contributed by atoms with Gasteiger partial charge in [-0.3, -0.25) is 4.79 Å². The van der Waals surface area contributed by atoms with E-state index in [1.807, 2.05) is 19.1 Å². The molecule has 1 atom stereocenters. The molecule has 1 amide bonds. The summed E-state index contributed by atoms with van der Waals surface area (Å²) in [6, 6.07) is 5.48. The van der Waals surface area contributed by atoms with Gasteiger partial charge in [0.25, 0.3) is 5.91 Å². The fourth-order valence-electron chi connectivity index (χ4n) is 1.33. The van der Waals surface area contributed by atoms with Gasteiger partial charge in [-0.15, -0.1) is 0 Å². The molecule has 0 aromatic heterocycles. The van der Waals surface area contributed by atoms with Gasteiger partial charge >= 0.3 is 0 Å². The zero-order valence-corrected chi connectivity index (χ0v) is 7.78. The molecule has 0 fully saturated rings. The number of aliphatic hydroxyl groups is 1. The second-order valence-corrected chi connectivity index (χ2v) is 3.32. The number of carbonyl (C=O) groups is 1. The largest absolute Gasteiger partial charge is 0.488 e. The molecule has 14 heavy (non-hydrogen) atoms. The number of rotatable bonds is 0. The predicted molar refractivity (Wildman–Crippen MR) is 51.3 cm³/mol. The molecule has 1 aromatic rings. The number of fused-ring (bicyclic) bond motifs is 1. The third kappa shape index (κ3) is 1.56. The number of hydrogen-bond acceptors (Lipinski definition) is 3. The van der Waals surface area contributed by atoms with Crippen LogP contribution in [0.3, 0.4) is 0 Å². The van der Waals surface area contributed by atoms with Crippen LogP contribution < -0.4 is 10.1 Å². The van der Waals surface area contributed by atoms with Gasteiger partial charge in [0.05, 0.1) is 5.69 Å². The minimum absolute atomic E-state index is 0.00188. The molecule has 0 spiro atoms. The first-order valence-corrected chi connectivity index (χ1v) is 4.39. The Morgan fingerprint density at radius 2 is 2.36 bits per heavy atom. The first-order valence-electron chi connectivity index (χ1n) is 4.39. The summed E-state index contributed by atoms with van der Waals surface area (Å²) in [5.41, 5.74) is 1.65. The van der Waals surface area contributed by atoms with Crippen molar-refractivity contribution in [2.45, 2.75) is 13.0 Å². The van der Waals surface area contributed by atoms with Gasteiger partial charge in [0.1, 0.15) is 12.4 Å². The molecule has 0 saturated carbocycles. The maximum Gasteiger partial charge on any atom is 0.256 e. The molecule has 2 N–H and O–H groups in total. The van der Waals surface area contributed by atoms with Crippen molar-refractivity contribution in [2.75, 3.05) is 11.9 Å². The van der Waals surface area contributed by atoms with Crippen LogP contribution in [0.4, 0.5) is 5.69 Å². The van der Waals surface area contributed by atoms with Crippen LogP contribution in [0.2, 0.25) is 0 Å². The highest BCUT2D eigenvalue weighted by Crippen LogP contribution is 2.27. The summed E-state index contributed by atoms with van der Waals surface area (Å²) in [5.74, 6) is 0.176. The Balaban J connectivity index is 2.38. The maximum atomic E-state index is 11.2. The van der Waals surface area contributed by atoms with Crippen molar-refractivity contribution in [1.82, 2.24) is 0 Å². The van der Waals surface area contributed by atoms with E-state index < -0.39 is 12.0 Å². The Morgan fingerprint density at radius 3 is 3.14 bits per heavy atom. The lowest BCUT2D eigenvalue weighted by Crippen LogP contribution is -2.30. The van der Waals surface area contributed by atoms with Gasteiger partial charge in [-0.2, -0.15) is 0 Å². The highest BCUT2D eigenvalue weighted by atomic mass is 16.5. The summed E-state index contributed by atoms with van der Waals surface area (Å²) in [6.45, 7) is 1.93. The number of carbonyl (C=O) groups excluding carboxylic acids is 1. The van der Waals surface area contributed by atoms with E-state index >= 15 is 0 Å². The van der Waals surface area contributed by atoms with E-state index in [0.717, 1.165) is 5.56 Å². The van der Waals surface area contributed by atoms with Gasteiger partial charge in [-0.1, -0.05) is 6.07 Å². The Bertz CT molecular complexity index is 376. The number of benzene rings is 1. The van der Waals surface area contributed by atoms with Crippen LogP contribution >= 0.6 is 0 Å². The molecule has 0 unspecified atom stereocenters. The zero-order chi connectivity index (χ0) is 10.1. The summed E-state index contributed by atoms with van der Waals surface area (Å²) in [5, 5.41) is 11.9. The number of amides is 1. The number of ether oxygens (including phenoxy) is 1. The topological polar surface area (TPSA) is 58.6 Å². The summed E-state index contributed by atoms with van der Waals surface area (Å²) in [4.78, 5) is 11.2. The van der Waals surface area contributed by atoms with Crippen molar-refractivity contribution < 1.29 is 14.6 Å². The molecule has 4 nitrogen and oxygen atoms in total. The van der Waals surface area contributed by atoms with E-state index in [0.29, 0.717) is 11.4 Å². The lowest BCUT2D eigenvalue weighted by molar-refractivity contribution is -0.124. The molecule has 74 valence electrons. The van der Waals surface area contributed by atoms with E-state index in [1.54, 1.807) is 6.07 Å². The lowest BCUT2D eigenvalue weighted by Gasteiger charge is -2.06. The van der Waals surface area contributed by atoms with E-state index in [2.05, 4.69) is 5.32 Å². The third-order valence-corrected chi connectivity index (χ3v) is 2.09. The average molecular weight is 193 g/mol. The number of nitrogens with one attached hydrogen (secondary N) is 1. The normalized spacial score (nSPS) is 20.4. The minimum Gasteiger partial charge on any atom is -0.488 e. The Labute approximate surface area is 81.5 Å². The first-order chi connectivity index (χ1) is 6.66. The monoisotopic (exact) mass is 193 g/mol. The number of anilines is 1. The number of aliphatic hydroxyl groups excluding tert-OH is 1. The fourth-order valence-corrected chi connectivity index (χ4v) is 1.33. The highest BCUT2D eigenvalue weighted by molar-refractivity contribution is 5.96. The van der Waals surface area contributed by atoms with Crippen molar-refractivity contribution in [2.24, 2.45) is 0 Å². The SMILES string of the molecule is Cc1ccc2c(c1)NC(=O)[C@H](O)CO2. The van der Waals surface area contributed by atoms with Crippen LogP contribution in [0.5, 0.6) is 5.75 Å². The number of aryl methyl sites for hydroxylation is 1. The van der Waals surface area contributed by atoms with Crippen LogP contribution in [0.15, 0.2) is 18.2 Å². The molecule has 0 radical (unpaired) electrons. The summed E-state index contributed by atoms with van der Waals surface area (Å²) in [7, 11) is 0. The average Bonchev–Trinajstić information content (AvgIpc) is 2.27. The molecule has 0 aliphatic carbocycles. The summed E-state index contributed by atoms with van der Waals surface area (Å²) >= 11 is 0. The molecule has 2 rings (SSSR count). The van der Waals surface area contributed by atoms with Crippen LogP contribution in [0.1, 0.15) is 5.56 Å². The summed E-state index contributed by atoms with van der Waals surface area (Å²) < 4.78 is 5.25. The van der Waals surface area contributed by atoms with Gasteiger partial charge in [0.15, 0.2) is 6.10 Å². The standard InChI is InChI=1S/C10H11NO3/c1-6-2-3-9-7(4-6)11-10(13)8(12)5-14-9/h2-4,8,12H,5H2,1H3,(H,11,13)/t8-/m1/s1. The number of hydrogen-bond donors (Lipinski definition) is 2. The van der Waals surface area contributed by atoms with Gasteiger partial charge in [0.2, 0.25) is 0 Å². The molecule has 1 aromatic carbocycles. The predicted octanol–water partition coefficient (Wildman–Crippen LogP) is 0.687. The van der Waals surface area contributed by atoms with E-state index in [9.17, 15) is 9.90 Å². The second-order valence-electron chi connectivity index (χ2n) is 3.32. The molecule has 0 saturated heterocycles. The van der Waals surface area contributed by atoms with E-state index in [-0.39, 0.29) is 6.61 Å². The molecular formula is C10H11NO3. The van der Waals surface area contributed by atoms with Gasteiger partial charge in [0, 0.05) is 0 Å². The van der Waals surface area contributed by atoms with Crippen molar-refractivity contribution in [3.63, 3.8) is 0 Å². The van der Waals surface area contributed by atoms with Gasteiger partial charge in [-0.25, -0.2) is 0 Å². The Morgan fingerprint density at radius 1 is 1.57 bits per heavy atom. The quantitative estimate of drug-likeness (QED) is 0.637. The van der Waals surface area contributed by atoms with E-state index in [1.165, 1.54) is 0 Å². The van der Waals surface area contributed by atoms with Crippen LogP contribution in [0.25, 0.3) is 0 Å². The van der Waals surface area contributed by atoms with Crippen molar-refractivity contribution in [1.29, 1.82) is 0 Å². The van der Waals surface area contributed by atoms with E-state index in [4.69, 9.17) is 4.74 Å². The van der Waals surface area contributed by atoms with Crippen molar-refractivity contribution in [3.8, 4) is 5.75 Å². The molecule has 1 aliphatic rings. The first kappa shape index (κ1) is 9.02. The fraction of sp³-hybridized carbons (Fsp3) is 0.300. The van der Waals surface area contributed by atoms with Gasteiger partial charge < -0.3 is 15.2 Å². The Kier molecular flexibility index (Phi) is 2.13. The van der Waals surface area contributed by atoms with Crippen molar-refractivity contribution in [3.05, 3.63) is 23.8 Å².